The van der Waals surface area contributed by atoms with E-state index in [0.717, 1.165) is 17.8 Å². The highest BCUT2D eigenvalue weighted by Gasteiger charge is 2.24. The van der Waals surface area contributed by atoms with Crippen LogP contribution in [0.25, 0.3) is 11.1 Å². The smallest absolute Gasteiger partial charge is 0.296 e. The maximum atomic E-state index is 15.0. The average Bonchev–Trinajstić information content (AvgIpc) is 3.42. The molecule has 0 unspecified atom stereocenters. The molecular formula is C20H20FN5O4S. The summed E-state index contributed by atoms with van der Waals surface area (Å²) in [6, 6.07) is 1.63. The molecule has 0 aromatic carbocycles. The third-order valence-corrected chi connectivity index (χ3v) is 5.45. The molecule has 162 valence electrons. The van der Waals surface area contributed by atoms with E-state index in [9.17, 15) is 9.18 Å². The Labute approximate surface area is 181 Å². The van der Waals surface area contributed by atoms with Crippen LogP contribution in [0.5, 0.6) is 10.9 Å². The van der Waals surface area contributed by atoms with E-state index < -0.39 is 11.7 Å². The third kappa shape index (κ3) is 4.47. The number of nitrogens with one attached hydrogen (secondary N) is 1. The van der Waals surface area contributed by atoms with Crippen LogP contribution in [0.2, 0.25) is 0 Å². The number of hydrogen-bond donors (Lipinski definition) is 1. The van der Waals surface area contributed by atoms with E-state index in [0.29, 0.717) is 29.7 Å². The summed E-state index contributed by atoms with van der Waals surface area (Å²) in [5.41, 5.74) is 1.46. The molecule has 1 saturated heterocycles. The summed E-state index contributed by atoms with van der Waals surface area (Å²) >= 11 is 1.10. The molecule has 0 radical (unpaired) electrons. The van der Waals surface area contributed by atoms with Gasteiger partial charge in [0.25, 0.3) is 11.1 Å². The van der Waals surface area contributed by atoms with Crippen molar-refractivity contribution in [3.8, 4) is 22.1 Å². The molecule has 1 aliphatic heterocycles. The van der Waals surface area contributed by atoms with Gasteiger partial charge in [0.15, 0.2) is 5.82 Å². The Morgan fingerprint density at radius 2 is 2.13 bits per heavy atom. The Hall–Kier alpha value is -3.18. The zero-order valence-corrected chi connectivity index (χ0v) is 18.0. The van der Waals surface area contributed by atoms with Crippen LogP contribution in [0.1, 0.15) is 28.2 Å². The molecule has 4 rings (SSSR count). The molecule has 3 aromatic heterocycles. The van der Waals surface area contributed by atoms with Gasteiger partial charge in [0.2, 0.25) is 5.13 Å². The van der Waals surface area contributed by atoms with Crippen LogP contribution in [0.4, 0.5) is 9.52 Å². The standard InChI is InChI=1S/C20H20FN5O4S/c1-10-6-13(16-15(28-3)8-23-11(2)17(16)21)14(7-22-10)18(27)24-19-25-26-20(31-19)30-12-4-5-29-9-12/h6-8,12H,4-5,9H2,1-3H3,(H,24,25,27)/t12-/m1/s1. The van der Waals surface area contributed by atoms with Crippen LogP contribution < -0.4 is 14.8 Å². The minimum Gasteiger partial charge on any atom is -0.494 e. The lowest BCUT2D eigenvalue weighted by molar-refractivity contribution is 0.102. The lowest BCUT2D eigenvalue weighted by atomic mass is 9.99. The second kappa shape index (κ2) is 8.90. The molecule has 1 aliphatic rings. The number of aryl methyl sites for hydroxylation is 2. The third-order valence-electron chi connectivity index (χ3n) is 4.72. The molecule has 11 heteroatoms. The number of nitrogens with zero attached hydrogens (tertiary/aromatic N) is 4. The number of hydrogen-bond acceptors (Lipinski definition) is 9. The number of carbonyl (C=O) groups excluding carboxylic acids is 1. The summed E-state index contributed by atoms with van der Waals surface area (Å²) in [6.07, 6.45) is 3.52. The molecular weight excluding hydrogens is 425 g/mol. The Morgan fingerprint density at radius 1 is 1.29 bits per heavy atom. The van der Waals surface area contributed by atoms with Gasteiger partial charge in [-0.3, -0.25) is 20.1 Å². The van der Waals surface area contributed by atoms with Gasteiger partial charge in [-0.25, -0.2) is 4.39 Å². The van der Waals surface area contributed by atoms with Crippen molar-refractivity contribution >= 4 is 22.4 Å². The predicted molar refractivity (Wildman–Crippen MR) is 111 cm³/mol. The first-order valence-electron chi connectivity index (χ1n) is 9.51. The van der Waals surface area contributed by atoms with E-state index in [-0.39, 0.29) is 33.8 Å². The highest BCUT2D eigenvalue weighted by molar-refractivity contribution is 7.17. The molecule has 0 saturated carbocycles. The molecule has 3 aromatic rings. The van der Waals surface area contributed by atoms with Crippen molar-refractivity contribution in [3.05, 3.63) is 41.2 Å². The van der Waals surface area contributed by atoms with Crippen molar-refractivity contribution in [2.75, 3.05) is 25.6 Å². The lowest BCUT2D eigenvalue weighted by Crippen LogP contribution is -2.15. The highest BCUT2D eigenvalue weighted by Crippen LogP contribution is 2.36. The number of amides is 1. The number of ether oxygens (including phenoxy) is 3. The molecule has 0 bridgehead atoms. The first-order chi connectivity index (χ1) is 15.0. The van der Waals surface area contributed by atoms with Gasteiger partial charge >= 0.3 is 0 Å². The number of carbonyl (C=O) groups is 1. The summed E-state index contributed by atoms with van der Waals surface area (Å²) in [5, 5.41) is 11.2. The number of pyridine rings is 2. The highest BCUT2D eigenvalue weighted by atomic mass is 32.1. The number of methoxy groups -OCH3 is 1. The molecule has 4 heterocycles. The van der Waals surface area contributed by atoms with E-state index in [2.05, 4.69) is 25.5 Å². The molecule has 1 atom stereocenters. The molecule has 9 nitrogen and oxygen atoms in total. The fourth-order valence-electron chi connectivity index (χ4n) is 3.14. The van der Waals surface area contributed by atoms with Crippen LogP contribution in [-0.2, 0) is 4.74 Å². The number of halogens is 1. The minimum atomic E-state index is -0.565. The summed E-state index contributed by atoms with van der Waals surface area (Å²) in [7, 11) is 1.42. The Kier molecular flexibility index (Phi) is 6.05. The minimum absolute atomic E-state index is 0.0743. The van der Waals surface area contributed by atoms with Gasteiger partial charge in [0.05, 0.1) is 43.3 Å². The summed E-state index contributed by atoms with van der Waals surface area (Å²) in [6.45, 7) is 4.44. The molecule has 31 heavy (non-hydrogen) atoms. The van der Waals surface area contributed by atoms with Gasteiger partial charge in [0.1, 0.15) is 11.9 Å². The van der Waals surface area contributed by atoms with Crippen LogP contribution in [0.15, 0.2) is 18.5 Å². The SMILES string of the molecule is COc1cnc(C)c(F)c1-c1cc(C)ncc1C(=O)Nc1nnc(O[C@@H]2CCOC2)s1. The maximum Gasteiger partial charge on any atom is 0.296 e. The molecule has 0 aliphatic carbocycles. The molecule has 1 N–H and O–H groups in total. The second-order valence-corrected chi connectivity index (χ2v) is 7.84. The van der Waals surface area contributed by atoms with Crippen molar-refractivity contribution in [2.45, 2.75) is 26.4 Å². The first kappa shape index (κ1) is 21.1. The zero-order chi connectivity index (χ0) is 22.0. The van der Waals surface area contributed by atoms with Crippen LogP contribution >= 0.6 is 11.3 Å². The van der Waals surface area contributed by atoms with Crippen LogP contribution in [0.3, 0.4) is 0 Å². The fraction of sp³-hybridized carbons (Fsp3) is 0.350. The van der Waals surface area contributed by atoms with Gasteiger partial charge in [-0.05, 0) is 31.3 Å². The van der Waals surface area contributed by atoms with Crippen molar-refractivity contribution in [2.24, 2.45) is 0 Å². The van der Waals surface area contributed by atoms with Crippen molar-refractivity contribution < 1.29 is 23.4 Å². The normalized spacial score (nSPS) is 15.7. The van der Waals surface area contributed by atoms with Gasteiger partial charge < -0.3 is 14.2 Å². The summed E-state index contributed by atoms with van der Waals surface area (Å²) in [4.78, 5) is 21.2. The fourth-order valence-corrected chi connectivity index (χ4v) is 3.80. The van der Waals surface area contributed by atoms with Crippen molar-refractivity contribution in [3.63, 3.8) is 0 Å². The van der Waals surface area contributed by atoms with Gasteiger partial charge in [-0.15, -0.1) is 5.10 Å². The van der Waals surface area contributed by atoms with E-state index >= 15 is 0 Å². The topological polar surface area (TPSA) is 108 Å². The Balaban J connectivity index is 1.63. The van der Waals surface area contributed by atoms with E-state index in [1.807, 2.05) is 0 Å². The maximum absolute atomic E-state index is 15.0. The largest absolute Gasteiger partial charge is 0.494 e. The number of aromatic nitrogens is 4. The average molecular weight is 445 g/mol. The Morgan fingerprint density at radius 3 is 2.87 bits per heavy atom. The lowest BCUT2D eigenvalue weighted by Gasteiger charge is -2.14. The number of rotatable bonds is 6. The predicted octanol–water partition coefficient (Wildman–Crippen LogP) is 3.18. The summed E-state index contributed by atoms with van der Waals surface area (Å²) < 4.78 is 31.2. The monoisotopic (exact) mass is 445 g/mol. The first-order valence-corrected chi connectivity index (χ1v) is 10.3. The van der Waals surface area contributed by atoms with Gasteiger partial charge in [-0.1, -0.05) is 5.10 Å². The molecule has 1 amide bonds. The Bertz CT molecular complexity index is 1120. The molecule has 0 spiro atoms. The van der Waals surface area contributed by atoms with Gasteiger partial charge in [0, 0.05) is 23.9 Å². The number of anilines is 1. The quantitative estimate of drug-likeness (QED) is 0.616. The van der Waals surface area contributed by atoms with Crippen LogP contribution in [-0.4, -0.2) is 52.5 Å². The second-order valence-electron chi connectivity index (χ2n) is 6.90. The zero-order valence-electron chi connectivity index (χ0n) is 17.1. The van der Waals surface area contributed by atoms with Gasteiger partial charge in [-0.2, -0.15) is 0 Å². The van der Waals surface area contributed by atoms with E-state index in [1.165, 1.54) is 19.5 Å². The van der Waals surface area contributed by atoms with E-state index in [1.54, 1.807) is 19.9 Å². The summed E-state index contributed by atoms with van der Waals surface area (Å²) in [5.74, 6) is -0.858. The van der Waals surface area contributed by atoms with Crippen molar-refractivity contribution in [1.82, 2.24) is 20.2 Å². The van der Waals surface area contributed by atoms with E-state index in [4.69, 9.17) is 14.2 Å². The van der Waals surface area contributed by atoms with Crippen molar-refractivity contribution in [1.29, 1.82) is 0 Å². The molecule has 1 fully saturated rings. The van der Waals surface area contributed by atoms with Crippen LogP contribution in [0, 0.1) is 19.7 Å².